The van der Waals surface area contributed by atoms with Gasteiger partial charge in [-0.2, -0.15) is 0 Å². The first-order chi connectivity index (χ1) is 52.8. The molecular weight excluding hydrogens is 1190 g/mol. The summed E-state index contributed by atoms with van der Waals surface area (Å²) < 4.78 is 99.3. The maximum absolute atomic E-state index is 8.94. The van der Waals surface area contributed by atoms with Gasteiger partial charge in [-0.25, -0.2) is 0 Å². The Hall–Kier alpha value is -12.9. The molecule has 0 aliphatic rings. The molecule has 456 valence electrons. The molecule has 0 fully saturated rings. The molecule has 20 rings (SSSR count). The average molecular weight is 1260 g/mol. The number of para-hydroxylation sites is 2. The maximum Gasteiger partial charge on any atom is 0.143 e. The number of hydrogen-bond acceptors (Lipinski definition) is 2. The molecule has 0 atom stereocenters. The summed E-state index contributed by atoms with van der Waals surface area (Å²) in [5.74, 6) is 0. The third-order valence-electron chi connectivity index (χ3n) is 19.5. The Morgan fingerprint density at radius 2 is 0.510 bits per heavy atom. The molecule has 98 heavy (non-hydrogen) atoms. The Labute approximate surface area is 580 Å². The van der Waals surface area contributed by atoms with Gasteiger partial charge in [0.1, 0.15) is 22.3 Å². The highest BCUT2D eigenvalue weighted by atomic mass is 16.3. The van der Waals surface area contributed by atoms with E-state index < -0.39 is 12.1 Å². The normalized spacial score (nSPS) is 13.1. The van der Waals surface area contributed by atoms with Crippen molar-refractivity contribution in [1.82, 2.24) is 0 Å². The lowest BCUT2D eigenvalue weighted by atomic mass is 9.83. The molecule has 2 aromatic heterocycles. The first-order valence-corrected chi connectivity index (χ1v) is 32.9. The SMILES string of the molecule is [2H]c1c([2H])c([2H])c(-c2c3ccccc3c(-c3ccc(-c4cc(-c5ccccc5)cc5oc6ccccc6c45)c4ccccc34)c3ccccc23)c([2H])c1[2H].[2H]c1c([2H])c([2H])c(-c2c3ccccc3c(-c3ccc(-c4ccc(-c5ccccc5)c5oc6ccccc6c45)c4ccccc34)c3ccccc23)c([2H])c1[2H]. The summed E-state index contributed by atoms with van der Waals surface area (Å²) in [6.45, 7) is 0. The minimum absolute atomic E-state index is 0.204. The summed E-state index contributed by atoms with van der Waals surface area (Å²) in [5, 5.41) is 15.6. The van der Waals surface area contributed by atoms with Crippen molar-refractivity contribution >= 4 is 109 Å². The number of benzene rings is 18. The van der Waals surface area contributed by atoms with Crippen LogP contribution in [-0.4, -0.2) is 0 Å². The first kappa shape index (κ1) is 47.1. The number of hydrogen-bond donors (Lipinski definition) is 0. The molecule has 0 saturated heterocycles. The van der Waals surface area contributed by atoms with Crippen molar-refractivity contribution in [1.29, 1.82) is 0 Å². The second kappa shape index (κ2) is 23.5. The summed E-state index contributed by atoms with van der Waals surface area (Å²) in [6, 6.07) is 101. The molecule has 20 aromatic rings. The fourth-order valence-corrected chi connectivity index (χ4v) is 15.4. The van der Waals surface area contributed by atoms with E-state index in [2.05, 4.69) is 182 Å². The fourth-order valence-electron chi connectivity index (χ4n) is 15.4. The summed E-state index contributed by atoms with van der Waals surface area (Å²) in [5.41, 5.74) is 17.9. The van der Waals surface area contributed by atoms with Gasteiger partial charge in [-0.05, 0) is 178 Å². The van der Waals surface area contributed by atoms with Gasteiger partial charge in [-0.1, -0.05) is 333 Å². The largest absolute Gasteiger partial charge is 0.456 e. The van der Waals surface area contributed by atoms with Crippen LogP contribution in [0.25, 0.3) is 198 Å². The van der Waals surface area contributed by atoms with Crippen molar-refractivity contribution in [3.63, 3.8) is 0 Å². The van der Waals surface area contributed by atoms with Crippen LogP contribution in [-0.2, 0) is 0 Å². The predicted molar refractivity (Wildman–Crippen MR) is 416 cm³/mol. The van der Waals surface area contributed by atoms with Crippen LogP contribution in [0.4, 0.5) is 0 Å². The Bertz CT molecular complexity index is 7010. The van der Waals surface area contributed by atoms with Gasteiger partial charge in [-0.15, -0.1) is 0 Å². The summed E-state index contributed by atoms with van der Waals surface area (Å²) in [4.78, 5) is 0. The van der Waals surface area contributed by atoms with E-state index in [-0.39, 0.29) is 59.5 Å². The Morgan fingerprint density at radius 3 is 0.969 bits per heavy atom. The number of furan rings is 2. The molecule has 2 nitrogen and oxygen atoms in total. The topological polar surface area (TPSA) is 26.3 Å². The molecule has 0 saturated carbocycles. The van der Waals surface area contributed by atoms with Crippen LogP contribution >= 0.6 is 0 Å². The van der Waals surface area contributed by atoms with E-state index in [0.29, 0.717) is 11.1 Å². The van der Waals surface area contributed by atoms with Crippen molar-refractivity contribution in [2.45, 2.75) is 0 Å². The highest BCUT2D eigenvalue weighted by Gasteiger charge is 2.25. The van der Waals surface area contributed by atoms with Gasteiger partial charge >= 0.3 is 0 Å². The molecule has 0 radical (unpaired) electrons. The van der Waals surface area contributed by atoms with Crippen LogP contribution < -0.4 is 0 Å². The maximum atomic E-state index is 8.94. The van der Waals surface area contributed by atoms with Crippen molar-refractivity contribution in [2.24, 2.45) is 0 Å². The van der Waals surface area contributed by atoms with Crippen molar-refractivity contribution < 1.29 is 22.5 Å². The molecule has 0 spiro atoms. The Kier molecular flexibility index (Phi) is 11.3. The minimum atomic E-state index is -0.402. The van der Waals surface area contributed by atoms with Crippen molar-refractivity contribution in [2.75, 3.05) is 0 Å². The molecule has 18 aromatic carbocycles. The molecule has 2 heteroatoms. The van der Waals surface area contributed by atoms with E-state index in [1.807, 2.05) is 121 Å². The zero-order valence-corrected chi connectivity index (χ0v) is 52.7. The zero-order valence-electron chi connectivity index (χ0n) is 62.7. The van der Waals surface area contributed by atoms with Gasteiger partial charge in [0.05, 0.1) is 13.7 Å². The van der Waals surface area contributed by atoms with Gasteiger partial charge in [0, 0.05) is 27.1 Å². The summed E-state index contributed by atoms with van der Waals surface area (Å²) >= 11 is 0. The van der Waals surface area contributed by atoms with E-state index in [9.17, 15) is 0 Å². The van der Waals surface area contributed by atoms with Gasteiger partial charge in [0.2, 0.25) is 0 Å². The third-order valence-corrected chi connectivity index (χ3v) is 19.5. The lowest BCUT2D eigenvalue weighted by Gasteiger charge is -2.20. The van der Waals surface area contributed by atoms with Gasteiger partial charge < -0.3 is 8.83 Å². The van der Waals surface area contributed by atoms with E-state index in [4.69, 9.17) is 22.5 Å². The molecule has 0 amide bonds. The zero-order chi connectivity index (χ0) is 73.3. The van der Waals surface area contributed by atoms with Crippen LogP contribution in [0.2, 0.25) is 0 Å². The fraction of sp³-hybridized carbons (Fsp3) is 0. The van der Waals surface area contributed by atoms with E-state index in [1.165, 1.54) is 0 Å². The molecule has 0 bridgehead atoms. The summed E-state index contributed by atoms with van der Waals surface area (Å²) in [7, 11) is 0. The molecule has 0 N–H and O–H groups in total. The number of fused-ring (bicyclic) bond motifs is 12. The molecule has 0 aliphatic heterocycles. The Balaban J connectivity index is 0.000000147. The second-order valence-electron chi connectivity index (χ2n) is 24.8. The van der Waals surface area contributed by atoms with Gasteiger partial charge in [0.25, 0.3) is 0 Å². The smallest absolute Gasteiger partial charge is 0.143 e. The lowest BCUT2D eigenvalue weighted by Crippen LogP contribution is -1.92. The van der Waals surface area contributed by atoms with Crippen LogP contribution in [0.1, 0.15) is 13.7 Å². The predicted octanol–water partition coefficient (Wildman–Crippen LogP) is 27.4. The Morgan fingerprint density at radius 1 is 0.184 bits per heavy atom. The van der Waals surface area contributed by atoms with Crippen molar-refractivity contribution in [3.8, 4) is 89.0 Å². The standard InChI is InChI=1S/2C48H30O/c1-3-15-31(16-4-1)33-27-29-42(47-43-25-13-14-26-44(43)49-48(33)47)36-28-30-41(35-20-8-7-19-34(35)36)46-39-23-11-9-21-37(39)45(32-17-5-2-6-18-32)38-22-10-12-24-40(38)46;1-3-15-31(16-4-1)33-29-43(48-42-25-13-14-26-44(42)49-45(48)30-33)36-27-28-41(35-20-8-7-19-34(35)36)47-39-23-11-9-21-37(39)46(32-17-5-2-6-18-32)38-22-10-12-24-40(38)47/h2*1-30H/i2*2D,5D,6D,17D,18D. The highest BCUT2D eigenvalue weighted by Crippen LogP contribution is 2.51. The molecular formula is C96H60O2. The number of rotatable bonds is 8. The van der Waals surface area contributed by atoms with Crippen molar-refractivity contribution in [3.05, 3.63) is 364 Å². The van der Waals surface area contributed by atoms with E-state index in [0.717, 1.165) is 175 Å². The van der Waals surface area contributed by atoms with Gasteiger partial charge in [0.15, 0.2) is 0 Å². The quantitative estimate of drug-likeness (QED) is 0.142. The molecule has 0 aliphatic carbocycles. The summed E-state index contributed by atoms with van der Waals surface area (Å²) in [6.07, 6.45) is 0. The average Bonchev–Trinajstić information content (AvgIpc) is 0.859. The monoisotopic (exact) mass is 1250 g/mol. The minimum Gasteiger partial charge on any atom is -0.456 e. The van der Waals surface area contributed by atoms with Crippen LogP contribution in [0, 0.1) is 0 Å². The first-order valence-electron chi connectivity index (χ1n) is 37.9. The second-order valence-corrected chi connectivity index (χ2v) is 24.8. The highest BCUT2D eigenvalue weighted by molar-refractivity contribution is 6.28. The van der Waals surface area contributed by atoms with Crippen LogP contribution in [0.3, 0.4) is 0 Å². The van der Waals surface area contributed by atoms with Crippen LogP contribution in [0.5, 0.6) is 0 Å². The lowest BCUT2D eigenvalue weighted by molar-refractivity contribution is 0.669. The van der Waals surface area contributed by atoms with Crippen LogP contribution in [0.15, 0.2) is 373 Å². The third kappa shape index (κ3) is 9.25. The van der Waals surface area contributed by atoms with E-state index in [1.54, 1.807) is 0 Å². The molecule has 2 heterocycles. The van der Waals surface area contributed by atoms with Gasteiger partial charge in [-0.3, -0.25) is 0 Å². The van der Waals surface area contributed by atoms with E-state index >= 15 is 0 Å². The molecule has 0 unspecified atom stereocenters.